The van der Waals surface area contributed by atoms with Gasteiger partial charge in [0.15, 0.2) is 0 Å². The second-order valence-corrected chi connectivity index (χ2v) is 5.03. The number of carboxylic acids is 1. The molecule has 6 heteroatoms. The van der Waals surface area contributed by atoms with Gasteiger partial charge in [0, 0.05) is 13.0 Å². The molecule has 2 unspecified atom stereocenters. The molecule has 1 aliphatic heterocycles. The zero-order valence-electron chi connectivity index (χ0n) is 11.5. The van der Waals surface area contributed by atoms with Gasteiger partial charge >= 0.3 is 5.97 Å². The summed E-state index contributed by atoms with van der Waals surface area (Å²) in [6, 6.07) is 5.00. The number of carbonyl (C=O) groups is 2. The summed E-state index contributed by atoms with van der Waals surface area (Å²) >= 11 is 0. The molecule has 21 heavy (non-hydrogen) atoms. The van der Waals surface area contributed by atoms with Crippen LogP contribution in [0.15, 0.2) is 18.2 Å². The third-order valence-corrected chi connectivity index (χ3v) is 3.67. The number of carbonyl (C=O) groups excluding carboxylic acids is 1. The zero-order valence-corrected chi connectivity index (χ0v) is 11.5. The van der Waals surface area contributed by atoms with Gasteiger partial charge in [0.05, 0.1) is 17.5 Å². The highest BCUT2D eigenvalue weighted by Gasteiger charge is 2.44. The van der Waals surface area contributed by atoms with E-state index >= 15 is 0 Å². The van der Waals surface area contributed by atoms with E-state index in [2.05, 4.69) is 0 Å². The van der Waals surface area contributed by atoms with Gasteiger partial charge in [-0.3, -0.25) is 9.59 Å². The van der Waals surface area contributed by atoms with Crippen LogP contribution in [0.2, 0.25) is 0 Å². The number of nitrogens with zero attached hydrogens (tertiary/aromatic N) is 2. The summed E-state index contributed by atoms with van der Waals surface area (Å²) in [5.41, 5.74) is 0.340. The Balaban J connectivity index is 2.47. The van der Waals surface area contributed by atoms with Crippen molar-refractivity contribution in [2.45, 2.75) is 25.8 Å². The number of benzene rings is 1. The summed E-state index contributed by atoms with van der Waals surface area (Å²) in [5, 5.41) is 18.2. The number of aliphatic carboxylic acids is 1. The van der Waals surface area contributed by atoms with Crippen molar-refractivity contribution in [3.05, 3.63) is 35.1 Å². The molecule has 0 saturated carbocycles. The fourth-order valence-corrected chi connectivity index (χ4v) is 2.74. The fraction of sp³-hybridized carbons (Fsp3) is 0.400. The fourth-order valence-electron chi connectivity index (χ4n) is 2.74. The Hall–Kier alpha value is -2.42. The molecule has 110 valence electrons. The molecule has 1 heterocycles. The van der Waals surface area contributed by atoms with Gasteiger partial charge in [-0.2, -0.15) is 5.26 Å². The highest BCUT2D eigenvalue weighted by Crippen LogP contribution is 2.38. The van der Waals surface area contributed by atoms with E-state index in [1.54, 1.807) is 6.07 Å². The van der Waals surface area contributed by atoms with Crippen LogP contribution in [0.5, 0.6) is 0 Å². The van der Waals surface area contributed by atoms with Gasteiger partial charge in [-0.15, -0.1) is 0 Å². The largest absolute Gasteiger partial charge is 0.481 e. The van der Waals surface area contributed by atoms with Crippen LogP contribution in [0.4, 0.5) is 4.39 Å². The second kappa shape index (κ2) is 5.92. The molecule has 2 rings (SSSR count). The number of hydrogen-bond donors (Lipinski definition) is 1. The van der Waals surface area contributed by atoms with Crippen LogP contribution in [0.1, 0.15) is 36.9 Å². The van der Waals surface area contributed by atoms with E-state index in [0.29, 0.717) is 18.5 Å². The molecule has 0 bridgehead atoms. The molecule has 2 atom stereocenters. The molecule has 1 amide bonds. The van der Waals surface area contributed by atoms with Crippen molar-refractivity contribution in [3.8, 4) is 6.07 Å². The Morgan fingerprint density at radius 2 is 2.29 bits per heavy atom. The smallest absolute Gasteiger partial charge is 0.309 e. The van der Waals surface area contributed by atoms with Gasteiger partial charge in [0.25, 0.3) is 0 Å². The van der Waals surface area contributed by atoms with Crippen LogP contribution >= 0.6 is 0 Å². The summed E-state index contributed by atoms with van der Waals surface area (Å²) in [5.74, 6) is -2.81. The number of amides is 1. The molecule has 0 radical (unpaired) electrons. The predicted molar refractivity (Wildman–Crippen MR) is 71.6 cm³/mol. The quantitative estimate of drug-likeness (QED) is 0.920. The van der Waals surface area contributed by atoms with Crippen LogP contribution in [0, 0.1) is 23.1 Å². The van der Waals surface area contributed by atoms with E-state index in [9.17, 15) is 19.1 Å². The molecular weight excluding hydrogens is 275 g/mol. The first-order valence-corrected chi connectivity index (χ1v) is 6.71. The van der Waals surface area contributed by atoms with Crippen molar-refractivity contribution in [3.63, 3.8) is 0 Å². The van der Waals surface area contributed by atoms with Gasteiger partial charge in [-0.25, -0.2) is 4.39 Å². The Morgan fingerprint density at radius 3 is 2.86 bits per heavy atom. The summed E-state index contributed by atoms with van der Waals surface area (Å²) in [6.45, 7) is 2.33. The minimum absolute atomic E-state index is 0.0702. The molecule has 1 aromatic rings. The molecule has 0 aliphatic carbocycles. The van der Waals surface area contributed by atoms with Crippen molar-refractivity contribution in [2.75, 3.05) is 6.54 Å². The van der Waals surface area contributed by atoms with Gasteiger partial charge in [-0.05, 0) is 24.1 Å². The first-order valence-electron chi connectivity index (χ1n) is 6.71. The maximum absolute atomic E-state index is 13.4. The molecule has 5 nitrogen and oxygen atoms in total. The SMILES string of the molecule is CCCN1C(=O)CC(C(=O)O)C1c1ccc(F)c(C#N)c1. The number of likely N-dealkylation sites (tertiary alicyclic amines) is 1. The normalized spacial score (nSPS) is 21.4. The third-order valence-electron chi connectivity index (χ3n) is 3.67. The predicted octanol–water partition coefficient (Wildman–Crippen LogP) is 2.08. The topological polar surface area (TPSA) is 81.4 Å². The Kier molecular flexibility index (Phi) is 4.22. The van der Waals surface area contributed by atoms with E-state index in [1.165, 1.54) is 17.0 Å². The average molecular weight is 290 g/mol. The van der Waals surface area contributed by atoms with Crippen LogP contribution in [-0.4, -0.2) is 28.4 Å². The minimum Gasteiger partial charge on any atom is -0.481 e. The van der Waals surface area contributed by atoms with Gasteiger partial charge in [-0.1, -0.05) is 13.0 Å². The van der Waals surface area contributed by atoms with Crippen LogP contribution < -0.4 is 0 Å². The number of hydrogen-bond acceptors (Lipinski definition) is 3. The molecule has 1 aromatic carbocycles. The molecule has 1 fully saturated rings. The molecule has 0 spiro atoms. The van der Waals surface area contributed by atoms with Crippen molar-refractivity contribution in [2.24, 2.45) is 5.92 Å². The van der Waals surface area contributed by atoms with Crippen LogP contribution in [0.25, 0.3) is 0 Å². The lowest BCUT2D eigenvalue weighted by Crippen LogP contribution is -2.31. The average Bonchev–Trinajstić information content (AvgIpc) is 2.78. The summed E-state index contributed by atoms with van der Waals surface area (Å²) in [7, 11) is 0. The zero-order chi connectivity index (χ0) is 15.6. The van der Waals surface area contributed by atoms with Gasteiger partial charge in [0.2, 0.25) is 5.91 Å². The molecule has 1 saturated heterocycles. The molecule has 0 aromatic heterocycles. The lowest BCUT2D eigenvalue weighted by Gasteiger charge is -2.27. The highest BCUT2D eigenvalue weighted by atomic mass is 19.1. The standard InChI is InChI=1S/C15H15FN2O3/c1-2-5-18-13(19)7-11(15(20)21)14(18)9-3-4-12(16)10(6-9)8-17/h3-4,6,11,14H,2,5,7H2,1H3,(H,20,21). The monoisotopic (exact) mass is 290 g/mol. The van der Waals surface area contributed by atoms with Crippen molar-refractivity contribution in [1.29, 1.82) is 5.26 Å². The van der Waals surface area contributed by atoms with E-state index < -0.39 is 23.7 Å². The van der Waals surface area contributed by atoms with E-state index in [-0.39, 0.29) is 17.9 Å². The minimum atomic E-state index is -1.06. The van der Waals surface area contributed by atoms with Gasteiger partial charge in [0.1, 0.15) is 11.9 Å². The molecule has 1 aliphatic rings. The van der Waals surface area contributed by atoms with E-state index in [4.69, 9.17) is 5.26 Å². The Morgan fingerprint density at radius 1 is 1.57 bits per heavy atom. The number of rotatable bonds is 4. The van der Waals surface area contributed by atoms with Crippen molar-refractivity contribution in [1.82, 2.24) is 4.90 Å². The first kappa shape index (κ1) is 15.0. The lowest BCUT2D eigenvalue weighted by atomic mass is 9.92. The van der Waals surface area contributed by atoms with Crippen molar-refractivity contribution < 1.29 is 19.1 Å². The summed E-state index contributed by atoms with van der Waals surface area (Å²) in [6.07, 6.45) is 0.625. The Bertz CT molecular complexity index is 624. The van der Waals surface area contributed by atoms with Crippen LogP contribution in [-0.2, 0) is 9.59 Å². The summed E-state index contributed by atoms with van der Waals surface area (Å²) in [4.78, 5) is 24.9. The Labute approximate surface area is 121 Å². The second-order valence-electron chi connectivity index (χ2n) is 5.03. The maximum Gasteiger partial charge on any atom is 0.309 e. The lowest BCUT2D eigenvalue weighted by molar-refractivity contribution is -0.142. The number of halogens is 1. The highest BCUT2D eigenvalue weighted by molar-refractivity contribution is 5.87. The molecular formula is C15H15FN2O3. The molecule has 1 N–H and O–H groups in total. The van der Waals surface area contributed by atoms with Crippen LogP contribution in [0.3, 0.4) is 0 Å². The number of nitriles is 1. The number of carboxylic acid groups (broad SMARTS) is 1. The summed E-state index contributed by atoms with van der Waals surface area (Å²) < 4.78 is 13.4. The first-order chi connectivity index (χ1) is 9.99. The van der Waals surface area contributed by atoms with E-state index in [0.717, 1.165) is 6.07 Å². The maximum atomic E-state index is 13.4. The van der Waals surface area contributed by atoms with Crippen molar-refractivity contribution >= 4 is 11.9 Å². The van der Waals surface area contributed by atoms with E-state index in [1.807, 2.05) is 6.92 Å². The third kappa shape index (κ3) is 2.72. The van der Waals surface area contributed by atoms with Gasteiger partial charge < -0.3 is 10.0 Å².